The van der Waals surface area contributed by atoms with Gasteiger partial charge in [-0.25, -0.2) is 0 Å². The predicted octanol–water partition coefficient (Wildman–Crippen LogP) is 5.49. The molecule has 3 aromatic rings. The zero-order valence-electron chi connectivity index (χ0n) is 18.0. The predicted molar refractivity (Wildman–Crippen MR) is 121 cm³/mol. The fraction of sp³-hybridized carbons (Fsp3) is 0.208. The van der Waals surface area contributed by atoms with E-state index in [1.165, 1.54) is 24.3 Å². The second-order valence-corrected chi connectivity index (χ2v) is 8.58. The van der Waals surface area contributed by atoms with Crippen molar-refractivity contribution in [2.75, 3.05) is 12.4 Å². The number of anilines is 1. The first-order chi connectivity index (χ1) is 15.5. The van der Waals surface area contributed by atoms with Gasteiger partial charge in [-0.05, 0) is 67.4 Å². The number of halogens is 3. The van der Waals surface area contributed by atoms with E-state index in [4.69, 9.17) is 11.6 Å². The normalized spacial score (nSPS) is 14.7. The molecule has 6 nitrogen and oxygen atoms in total. The van der Waals surface area contributed by atoms with Gasteiger partial charge in [0.05, 0.1) is 5.54 Å². The van der Waals surface area contributed by atoms with Crippen molar-refractivity contribution in [2.45, 2.75) is 25.0 Å². The van der Waals surface area contributed by atoms with Crippen LogP contribution in [0.2, 0.25) is 0 Å². The van der Waals surface area contributed by atoms with Crippen LogP contribution in [0.25, 0.3) is 11.1 Å². The van der Waals surface area contributed by atoms with Gasteiger partial charge in [0.2, 0.25) is 0 Å². The maximum absolute atomic E-state index is 13.0. The molecule has 170 valence electrons. The molecule has 0 aliphatic carbocycles. The molecule has 1 N–H and O–H groups in total. The monoisotopic (exact) mass is 471 g/mol. The van der Waals surface area contributed by atoms with Crippen LogP contribution >= 0.6 is 11.6 Å². The summed E-state index contributed by atoms with van der Waals surface area (Å²) >= 11 is 4.76. The van der Waals surface area contributed by atoms with Gasteiger partial charge in [-0.2, -0.15) is 0 Å². The van der Waals surface area contributed by atoms with Gasteiger partial charge in [0.1, 0.15) is 5.75 Å². The summed E-state index contributed by atoms with van der Waals surface area (Å²) in [6.07, 6.45) is 3.33. The van der Waals surface area contributed by atoms with Crippen LogP contribution in [0.1, 0.15) is 40.1 Å². The minimum absolute atomic E-state index is 0.153. The maximum atomic E-state index is 13.0. The smallest absolute Gasteiger partial charge is 0.420 e. The minimum Gasteiger partial charge on any atom is -0.420 e. The summed E-state index contributed by atoms with van der Waals surface area (Å²) in [4.78, 5) is 31.8. The van der Waals surface area contributed by atoms with Crippen molar-refractivity contribution in [3.05, 3.63) is 77.6 Å². The summed E-state index contributed by atoms with van der Waals surface area (Å²) in [5.41, 5.74) is -0.981. The molecule has 0 saturated carbocycles. The first-order valence-corrected chi connectivity index (χ1v) is 10.4. The van der Waals surface area contributed by atoms with Crippen molar-refractivity contribution in [1.29, 1.82) is 0 Å². The van der Waals surface area contributed by atoms with E-state index in [0.717, 1.165) is 16.7 Å². The Labute approximate surface area is 194 Å². The molecule has 0 spiro atoms. The highest BCUT2D eigenvalue weighted by Gasteiger charge is 2.43. The Morgan fingerprint density at radius 1 is 1.15 bits per heavy atom. The molecule has 0 saturated heterocycles. The average molecular weight is 472 g/mol. The number of benzene rings is 2. The van der Waals surface area contributed by atoms with Crippen LogP contribution in [0, 0.1) is 0 Å². The lowest BCUT2D eigenvalue weighted by atomic mass is 9.85. The molecule has 0 radical (unpaired) electrons. The van der Waals surface area contributed by atoms with Crippen LogP contribution in [0.4, 0.5) is 14.5 Å². The van der Waals surface area contributed by atoms with E-state index in [1.54, 1.807) is 42.5 Å². The SMILES string of the molecule is CN1C(=O)c2cc(C(=O)Nc3ccc(OC(F)(F)Cl)cc3)cc(-c3cccnc3)c2C1(C)C. The topological polar surface area (TPSA) is 71.5 Å². The summed E-state index contributed by atoms with van der Waals surface area (Å²) in [6, 6.07) is 12.3. The van der Waals surface area contributed by atoms with Gasteiger partial charge < -0.3 is 15.0 Å². The summed E-state index contributed by atoms with van der Waals surface area (Å²) in [5.74, 6) is -0.794. The average Bonchev–Trinajstić information content (AvgIpc) is 2.94. The molecule has 9 heteroatoms. The molecule has 2 heterocycles. The lowest BCUT2D eigenvalue weighted by Gasteiger charge is -2.30. The van der Waals surface area contributed by atoms with Crippen LogP contribution in [0.15, 0.2) is 60.9 Å². The molecule has 0 unspecified atom stereocenters. The molecule has 33 heavy (non-hydrogen) atoms. The molecule has 2 amide bonds. The van der Waals surface area contributed by atoms with Crippen molar-refractivity contribution in [3.8, 4) is 16.9 Å². The quantitative estimate of drug-likeness (QED) is 0.499. The lowest BCUT2D eigenvalue weighted by Crippen LogP contribution is -2.35. The number of carbonyl (C=O) groups excluding carboxylic acids is 2. The number of rotatable bonds is 5. The van der Waals surface area contributed by atoms with Gasteiger partial charge in [0, 0.05) is 53.4 Å². The molecule has 2 aromatic carbocycles. The number of ether oxygens (including phenoxy) is 1. The molecular weight excluding hydrogens is 452 g/mol. The first kappa shape index (κ1) is 22.7. The number of amides is 2. The largest absolute Gasteiger partial charge is 0.487 e. The van der Waals surface area contributed by atoms with Gasteiger partial charge in [-0.15, -0.1) is 8.78 Å². The van der Waals surface area contributed by atoms with Crippen molar-refractivity contribution in [2.24, 2.45) is 0 Å². The Balaban J connectivity index is 1.71. The third-order valence-electron chi connectivity index (χ3n) is 5.70. The first-order valence-electron chi connectivity index (χ1n) is 10.0. The molecular formula is C24H20ClF2N3O3. The van der Waals surface area contributed by atoms with Crippen molar-refractivity contribution in [1.82, 2.24) is 9.88 Å². The summed E-state index contributed by atoms with van der Waals surface area (Å²) in [5, 5.41) is 2.71. The number of aromatic nitrogens is 1. The van der Waals surface area contributed by atoms with E-state index in [1.807, 2.05) is 19.9 Å². The standard InChI is InChI=1S/C24H20ClF2N3O3/c1-23(2)20-18(14-5-4-10-28-13-14)11-15(12-19(20)22(32)30(23)3)21(31)29-16-6-8-17(9-7-16)33-24(25,26)27/h4-13H,1-3H3,(H,29,31). The zero-order chi connectivity index (χ0) is 24.0. The third-order valence-corrected chi connectivity index (χ3v) is 5.78. The van der Waals surface area contributed by atoms with E-state index in [9.17, 15) is 18.4 Å². The molecule has 1 aliphatic heterocycles. The van der Waals surface area contributed by atoms with Crippen molar-refractivity contribution in [3.63, 3.8) is 0 Å². The Hall–Kier alpha value is -3.52. The van der Waals surface area contributed by atoms with Crippen LogP contribution in [-0.2, 0) is 5.54 Å². The highest BCUT2D eigenvalue weighted by atomic mass is 35.5. The number of alkyl halides is 3. The van der Waals surface area contributed by atoms with Crippen LogP contribution in [-0.4, -0.2) is 34.3 Å². The number of carbonyl (C=O) groups is 2. The van der Waals surface area contributed by atoms with Gasteiger partial charge in [0.15, 0.2) is 0 Å². The number of fused-ring (bicyclic) bond motifs is 1. The van der Waals surface area contributed by atoms with E-state index in [-0.39, 0.29) is 17.2 Å². The van der Waals surface area contributed by atoms with E-state index in [0.29, 0.717) is 11.3 Å². The highest BCUT2D eigenvalue weighted by molar-refractivity contribution is 6.20. The number of nitrogens with zero attached hydrogens (tertiary/aromatic N) is 2. The molecule has 0 bridgehead atoms. The third kappa shape index (κ3) is 4.39. The maximum Gasteiger partial charge on any atom is 0.487 e. The van der Waals surface area contributed by atoms with E-state index < -0.39 is 17.0 Å². The lowest BCUT2D eigenvalue weighted by molar-refractivity contribution is -0.0964. The number of hydrogen-bond acceptors (Lipinski definition) is 4. The Kier molecular flexibility index (Phi) is 5.57. The second-order valence-electron chi connectivity index (χ2n) is 8.14. The Morgan fingerprint density at radius 3 is 2.42 bits per heavy atom. The van der Waals surface area contributed by atoms with Gasteiger partial charge in [-0.3, -0.25) is 14.6 Å². The van der Waals surface area contributed by atoms with Gasteiger partial charge >= 0.3 is 5.57 Å². The number of hydrogen-bond donors (Lipinski definition) is 1. The Bertz CT molecular complexity index is 1230. The van der Waals surface area contributed by atoms with Gasteiger partial charge in [-0.1, -0.05) is 6.07 Å². The summed E-state index contributed by atoms with van der Waals surface area (Å²) < 4.78 is 29.8. The molecule has 1 aromatic heterocycles. The minimum atomic E-state index is -3.83. The van der Waals surface area contributed by atoms with Crippen LogP contribution in [0.3, 0.4) is 0 Å². The zero-order valence-corrected chi connectivity index (χ0v) is 18.8. The molecule has 0 atom stereocenters. The van der Waals surface area contributed by atoms with E-state index in [2.05, 4.69) is 15.0 Å². The van der Waals surface area contributed by atoms with Crippen molar-refractivity contribution < 1.29 is 23.1 Å². The van der Waals surface area contributed by atoms with Crippen LogP contribution in [0.5, 0.6) is 5.75 Å². The fourth-order valence-corrected chi connectivity index (χ4v) is 3.99. The number of pyridine rings is 1. The molecule has 1 aliphatic rings. The second kappa shape index (κ2) is 8.12. The molecule has 4 rings (SSSR count). The highest BCUT2D eigenvalue weighted by Crippen LogP contribution is 2.44. The summed E-state index contributed by atoms with van der Waals surface area (Å²) in [7, 11) is 1.73. The van der Waals surface area contributed by atoms with Gasteiger partial charge in [0.25, 0.3) is 11.8 Å². The fourth-order valence-electron chi connectivity index (χ4n) is 3.90. The van der Waals surface area contributed by atoms with Crippen molar-refractivity contribution >= 4 is 29.1 Å². The number of nitrogens with one attached hydrogen (secondary N) is 1. The molecule has 0 fully saturated rings. The van der Waals surface area contributed by atoms with E-state index >= 15 is 0 Å². The van der Waals surface area contributed by atoms with Crippen LogP contribution < -0.4 is 10.1 Å². The summed E-state index contributed by atoms with van der Waals surface area (Å²) in [6.45, 7) is 3.90. The Morgan fingerprint density at radius 2 is 1.82 bits per heavy atom.